The van der Waals surface area contributed by atoms with Gasteiger partial charge in [0.25, 0.3) is 5.56 Å². The highest BCUT2D eigenvalue weighted by molar-refractivity contribution is 8.00. The van der Waals surface area contributed by atoms with E-state index in [1.165, 1.54) is 11.8 Å². The lowest BCUT2D eigenvalue weighted by molar-refractivity contribution is -0.119. The first-order chi connectivity index (χ1) is 12.2. The minimum absolute atomic E-state index is 0.0836. The minimum atomic E-state index is -0.110. The molecule has 1 aliphatic carbocycles. The van der Waals surface area contributed by atoms with Crippen LogP contribution in [0.1, 0.15) is 25.7 Å². The maximum Gasteiger partial charge on any atom is 0.263 e. The maximum atomic E-state index is 12.8. The highest BCUT2D eigenvalue weighted by atomic mass is 32.2. The Hall–Kier alpha value is -2.41. The van der Waals surface area contributed by atoms with Crippen LogP contribution in [0.2, 0.25) is 0 Å². The maximum absolute atomic E-state index is 12.8. The number of benzene rings is 1. The van der Waals surface area contributed by atoms with E-state index in [1.807, 2.05) is 22.6 Å². The third-order valence-electron chi connectivity index (χ3n) is 4.54. The second kappa shape index (κ2) is 6.48. The van der Waals surface area contributed by atoms with Crippen LogP contribution in [0.3, 0.4) is 0 Å². The summed E-state index contributed by atoms with van der Waals surface area (Å²) in [5.41, 5.74) is 0.652. The van der Waals surface area contributed by atoms with E-state index < -0.39 is 0 Å². The molecule has 0 radical (unpaired) electrons. The van der Waals surface area contributed by atoms with E-state index in [-0.39, 0.29) is 16.6 Å². The van der Waals surface area contributed by atoms with Crippen molar-refractivity contribution < 1.29 is 4.79 Å². The molecule has 0 spiro atoms. The molecule has 0 N–H and O–H groups in total. The monoisotopic (exact) mass is 354 g/mol. The number of ketones is 1. The van der Waals surface area contributed by atoms with Crippen molar-refractivity contribution in [3.05, 3.63) is 47.3 Å². The smallest absolute Gasteiger partial charge is 0.263 e. The fraction of sp³-hybridized carbons (Fsp3) is 0.333. The first kappa shape index (κ1) is 16.1. The molecule has 2 aromatic heterocycles. The summed E-state index contributed by atoms with van der Waals surface area (Å²) in [7, 11) is 0. The molecule has 6 nitrogen and oxygen atoms in total. The second-order valence-electron chi connectivity index (χ2n) is 6.16. The second-order valence-corrected chi connectivity index (χ2v) is 7.33. The highest BCUT2D eigenvalue weighted by Gasteiger charge is 2.26. The zero-order valence-electron chi connectivity index (χ0n) is 13.7. The van der Waals surface area contributed by atoms with Gasteiger partial charge in [-0.1, -0.05) is 36.4 Å². The van der Waals surface area contributed by atoms with E-state index >= 15 is 0 Å². The Kier molecular flexibility index (Phi) is 4.17. The van der Waals surface area contributed by atoms with Gasteiger partial charge in [-0.25, -0.2) is 0 Å². The van der Waals surface area contributed by atoms with Gasteiger partial charge >= 0.3 is 0 Å². The molecule has 1 saturated carbocycles. The average molecular weight is 354 g/mol. The Morgan fingerprint density at radius 3 is 2.88 bits per heavy atom. The van der Waals surface area contributed by atoms with Crippen molar-refractivity contribution in [1.82, 2.24) is 19.2 Å². The predicted molar refractivity (Wildman–Crippen MR) is 98.1 cm³/mol. The van der Waals surface area contributed by atoms with Crippen molar-refractivity contribution in [2.75, 3.05) is 0 Å². The fourth-order valence-electron chi connectivity index (χ4n) is 3.31. The lowest BCUT2D eigenvalue weighted by Crippen LogP contribution is -2.23. The van der Waals surface area contributed by atoms with E-state index in [9.17, 15) is 9.59 Å². The number of aromatic nitrogens is 4. The van der Waals surface area contributed by atoms with Gasteiger partial charge in [0, 0.05) is 13.0 Å². The van der Waals surface area contributed by atoms with Crippen LogP contribution in [0.25, 0.3) is 16.7 Å². The number of Topliss-reactive ketones (excluding diaryl/α,β-unsaturated/α-hetero) is 1. The van der Waals surface area contributed by atoms with Gasteiger partial charge in [0.05, 0.1) is 16.2 Å². The SMILES string of the molecule is C=CCn1c(=O)c2ccccc2n2c(SC3CCCCC3=O)nnc12. The summed E-state index contributed by atoms with van der Waals surface area (Å²) in [4.78, 5) is 25.0. The number of hydrogen-bond acceptors (Lipinski definition) is 5. The van der Waals surface area contributed by atoms with Crippen LogP contribution in [0, 0.1) is 0 Å². The van der Waals surface area contributed by atoms with Crippen LogP contribution in [0.15, 0.2) is 46.9 Å². The van der Waals surface area contributed by atoms with Crippen molar-refractivity contribution in [3.8, 4) is 0 Å². The molecule has 1 aliphatic rings. The summed E-state index contributed by atoms with van der Waals surface area (Å²) < 4.78 is 3.45. The lowest BCUT2D eigenvalue weighted by atomic mass is 9.99. The molecule has 25 heavy (non-hydrogen) atoms. The molecule has 3 aromatic rings. The molecule has 1 aromatic carbocycles. The third kappa shape index (κ3) is 2.68. The number of carbonyl (C=O) groups excluding carboxylic acids is 1. The van der Waals surface area contributed by atoms with E-state index in [1.54, 1.807) is 16.7 Å². The van der Waals surface area contributed by atoms with Crippen LogP contribution in [-0.2, 0) is 11.3 Å². The number of nitrogens with zero attached hydrogens (tertiary/aromatic N) is 4. The van der Waals surface area contributed by atoms with Gasteiger partial charge in [-0.15, -0.1) is 16.8 Å². The Morgan fingerprint density at radius 2 is 2.08 bits per heavy atom. The van der Waals surface area contributed by atoms with Crippen LogP contribution in [0.4, 0.5) is 0 Å². The number of thioether (sulfide) groups is 1. The Morgan fingerprint density at radius 1 is 1.24 bits per heavy atom. The number of hydrogen-bond donors (Lipinski definition) is 0. The van der Waals surface area contributed by atoms with Crippen molar-refractivity contribution in [3.63, 3.8) is 0 Å². The largest absolute Gasteiger partial charge is 0.298 e. The quantitative estimate of drug-likeness (QED) is 0.674. The zero-order chi connectivity index (χ0) is 17.4. The van der Waals surface area contributed by atoms with Crippen molar-refractivity contribution in [1.29, 1.82) is 0 Å². The van der Waals surface area contributed by atoms with Gasteiger partial charge in [-0.2, -0.15) is 0 Å². The molecule has 4 rings (SSSR count). The van der Waals surface area contributed by atoms with Gasteiger partial charge < -0.3 is 0 Å². The summed E-state index contributed by atoms with van der Waals surface area (Å²) in [5, 5.41) is 9.70. The van der Waals surface area contributed by atoms with E-state index in [2.05, 4.69) is 16.8 Å². The molecule has 2 heterocycles. The Labute approximate surface area is 148 Å². The average Bonchev–Trinajstić information content (AvgIpc) is 3.04. The van der Waals surface area contributed by atoms with Crippen molar-refractivity contribution in [2.24, 2.45) is 0 Å². The topological polar surface area (TPSA) is 69.3 Å². The third-order valence-corrected chi connectivity index (χ3v) is 5.79. The molecule has 1 fully saturated rings. The molecule has 0 amide bonds. The molecule has 128 valence electrons. The molecule has 1 unspecified atom stereocenters. The number of allylic oxidation sites excluding steroid dienone is 1. The Bertz CT molecular complexity index is 1040. The summed E-state index contributed by atoms with van der Waals surface area (Å²) in [6.45, 7) is 4.09. The highest BCUT2D eigenvalue weighted by Crippen LogP contribution is 2.31. The summed E-state index contributed by atoms with van der Waals surface area (Å²) in [6.07, 6.45) is 5.20. The predicted octanol–water partition coefficient (Wildman–Crippen LogP) is 2.83. The molecule has 0 saturated heterocycles. The molecule has 1 atom stereocenters. The van der Waals surface area contributed by atoms with E-state index in [4.69, 9.17) is 0 Å². The normalized spacial score (nSPS) is 18.1. The molecular formula is C18H18N4O2S. The molecule has 0 aliphatic heterocycles. The van der Waals surface area contributed by atoms with Crippen molar-refractivity contribution in [2.45, 2.75) is 42.6 Å². The molecular weight excluding hydrogens is 336 g/mol. The number of fused-ring (bicyclic) bond motifs is 3. The number of rotatable bonds is 4. The van der Waals surface area contributed by atoms with Gasteiger partial charge in [0.2, 0.25) is 5.78 Å². The summed E-state index contributed by atoms with van der Waals surface area (Å²) >= 11 is 1.45. The van der Waals surface area contributed by atoms with Crippen LogP contribution in [-0.4, -0.2) is 30.2 Å². The van der Waals surface area contributed by atoms with Crippen LogP contribution < -0.4 is 5.56 Å². The van der Waals surface area contributed by atoms with E-state index in [0.29, 0.717) is 29.3 Å². The number of para-hydroxylation sites is 1. The first-order valence-corrected chi connectivity index (χ1v) is 9.25. The lowest BCUT2D eigenvalue weighted by Gasteiger charge is -2.19. The Balaban J connectivity index is 1.93. The van der Waals surface area contributed by atoms with Crippen molar-refractivity contribution >= 4 is 34.2 Å². The number of carbonyl (C=O) groups is 1. The molecule has 0 bridgehead atoms. The minimum Gasteiger partial charge on any atom is -0.298 e. The first-order valence-electron chi connectivity index (χ1n) is 8.37. The van der Waals surface area contributed by atoms with Crippen LogP contribution >= 0.6 is 11.8 Å². The zero-order valence-corrected chi connectivity index (χ0v) is 14.5. The van der Waals surface area contributed by atoms with Gasteiger partial charge in [-0.3, -0.25) is 18.6 Å². The fourth-order valence-corrected chi connectivity index (χ4v) is 4.47. The van der Waals surface area contributed by atoms with Crippen LogP contribution in [0.5, 0.6) is 0 Å². The summed E-state index contributed by atoms with van der Waals surface area (Å²) in [5.74, 6) is 0.756. The van der Waals surface area contributed by atoms with Gasteiger partial charge in [0.1, 0.15) is 5.78 Å². The van der Waals surface area contributed by atoms with E-state index in [0.717, 1.165) is 24.8 Å². The van der Waals surface area contributed by atoms with Gasteiger partial charge in [0.15, 0.2) is 5.16 Å². The summed E-state index contributed by atoms with van der Waals surface area (Å²) in [6, 6.07) is 7.42. The van der Waals surface area contributed by atoms with Gasteiger partial charge in [-0.05, 0) is 25.0 Å². The standard InChI is InChI=1S/C18H18N4O2S/c1-2-11-21-16(24)12-7-3-4-8-13(12)22-17(21)19-20-18(22)25-15-10-6-5-9-14(15)23/h2-4,7-8,15H,1,5-6,9-11H2. The molecule has 7 heteroatoms.